The zero-order valence-corrected chi connectivity index (χ0v) is 9.23. The first-order valence-corrected chi connectivity index (χ1v) is 5.97. The second kappa shape index (κ2) is 5.26. The van der Waals surface area contributed by atoms with Crippen LogP contribution in [-0.2, 0) is 13.0 Å². The number of nitrogens with two attached hydrogens (primary N) is 1. The average Bonchev–Trinajstić information content (AvgIpc) is 2.60. The maximum atomic E-state index is 5.45. The molecule has 0 bridgehead atoms. The fourth-order valence-electron chi connectivity index (χ4n) is 1.93. The van der Waals surface area contributed by atoms with E-state index in [1.165, 1.54) is 19.3 Å². The molecule has 1 heterocycles. The highest BCUT2D eigenvalue weighted by Gasteiger charge is 2.18. The molecule has 0 aliphatic heterocycles. The summed E-state index contributed by atoms with van der Waals surface area (Å²) in [5.74, 6) is 0.851. The summed E-state index contributed by atoms with van der Waals surface area (Å²) in [5.41, 5.74) is 6.56. The van der Waals surface area contributed by atoms with Crippen LogP contribution in [0, 0.1) is 5.92 Å². The molecule has 15 heavy (non-hydrogen) atoms. The molecular formula is C11H20N4. The number of aromatic nitrogens is 3. The molecule has 0 amide bonds. The lowest BCUT2D eigenvalue weighted by Crippen LogP contribution is -2.18. The van der Waals surface area contributed by atoms with Gasteiger partial charge in [0.2, 0.25) is 0 Å². The van der Waals surface area contributed by atoms with E-state index < -0.39 is 0 Å². The van der Waals surface area contributed by atoms with Crippen LogP contribution in [0.4, 0.5) is 0 Å². The predicted molar refractivity (Wildman–Crippen MR) is 59.4 cm³/mol. The molecule has 0 radical (unpaired) electrons. The Balaban J connectivity index is 1.75. The van der Waals surface area contributed by atoms with Crippen molar-refractivity contribution in [3.8, 4) is 0 Å². The molecule has 2 rings (SSSR count). The predicted octanol–water partition coefficient (Wildman–Crippen LogP) is 1.36. The highest BCUT2D eigenvalue weighted by molar-refractivity contribution is 4.92. The Morgan fingerprint density at radius 3 is 2.93 bits per heavy atom. The van der Waals surface area contributed by atoms with Crippen molar-refractivity contribution in [1.82, 2.24) is 15.0 Å². The molecule has 0 spiro atoms. The summed E-state index contributed by atoms with van der Waals surface area (Å²) < 4.78 is 2.00. The van der Waals surface area contributed by atoms with Crippen molar-refractivity contribution in [2.45, 2.75) is 45.1 Å². The Morgan fingerprint density at radius 1 is 1.40 bits per heavy atom. The summed E-state index contributed by atoms with van der Waals surface area (Å²) in [5, 5.41) is 8.32. The third-order valence-electron chi connectivity index (χ3n) is 3.14. The van der Waals surface area contributed by atoms with Crippen LogP contribution in [-0.4, -0.2) is 21.5 Å². The molecule has 0 saturated heterocycles. The molecule has 1 aliphatic carbocycles. The fourth-order valence-corrected chi connectivity index (χ4v) is 1.93. The van der Waals surface area contributed by atoms with Crippen molar-refractivity contribution in [3.05, 3.63) is 11.9 Å². The van der Waals surface area contributed by atoms with Gasteiger partial charge in [0.15, 0.2) is 0 Å². The van der Waals surface area contributed by atoms with Crippen molar-refractivity contribution in [2.75, 3.05) is 6.54 Å². The van der Waals surface area contributed by atoms with Gasteiger partial charge in [-0.2, -0.15) is 0 Å². The van der Waals surface area contributed by atoms with E-state index in [0.717, 1.165) is 44.0 Å². The van der Waals surface area contributed by atoms with Crippen LogP contribution in [0.2, 0.25) is 0 Å². The van der Waals surface area contributed by atoms with Crippen LogP contribution in [0.25, 0.3) is 0 Å². The molecule has 0 aromatic carbocycles. The highest BCUT2D eigenvalue weighted by atomic mass is 15.4. The fraction of sp³-hybridized carbons (Fsp3) is 0.818. The maximum Gasteiger partial charge on any atom is 0.0827 e. The molecule has 4 nitrogen and oxygen atoms in total. The van der Waals surface area contributed by atoms with Gasteiger partial charge in [0.25, 0.3) is 0 Å². The Hall–Kier alpha value is -0.900. The lowest BCUT2D eigenvalue weighted by atomic mass is 9.85. The normalized spacial score (nSPS) is 16.6. The van der Waals surface area contributed by atoms with E-state index in [1.807, 2.05) is 4.68 Å². The van der Waals surface area contributed by atoms with Crippen LogP contribution >= 0.6 is 0 Å². The monoisotopic (exact) mass is 208 g/mol. The molecule has 84 valence electrons. The number of aryl methyl sites for hydroxylation is 1. The van der Waals surface area contributed by atoms with E-state index in [0.29, 0.717) is 0 Å². The first-order chi connectivity index (χ1) is 7.38. The topological polar surface area (TPSA) is 56.7 Å². The van der Waals surface area contributed by atoms with E-state index in [1.54, 1.807) is 0 Å². The van der Waals surface area contributed by atoms with E-state index in [4.69, 9.17) is 5.73 Å². The van der Waals surface area contributed by atoms with Gasteiger partial charge in [0, 0.05) is 12.7 Å². The minimum atomic E-state index is 0.774. The molecule has 1 saturated carbocycles. The van der Waals surface area contributed by atoms with Gasteiger partial charge in [-0.15, -0.1) is 5.10 Å². The largest absolute Gasteiger partial charge is 0.330 e. The molecule has 1 aromatic rings. The summed E-state index contributed by atoms with van der Waals surface area (Å²) in [4.78, 5) is 0. The molecule has 2 N–H and O–H groups in total. The van der Waals surface area contributed by atoms with Crippen LogP contribution in [0.5, 0.6) is 0 Å². The second-order valence-corrected chi connectivity index (χ2v) is 4.47. The summed E-state index contributed by atoms with van der Waals surface area (Å²) in [6, 6.07) is 0. The standard InChI is InChI=1S/C11H20N4/c12-7-2-1-6-11-9-15(14-13-11)8-10-4-3-5-10/h9-10H,1-8,12H2. The first-order valence-electron chi connectivity index (χ1n) is 5.97. The third kappa shape index (κ3) is 3.02. The van der Waals surface area contributed by atoms with E-state index in [-0.39, 0.29) is 0 Å². The SMILES string of the molecule is NCCCCc1cn(CC2CCC2)nn1. The number of hydrogen-bond acceptors (Lipinski definition) is 3. The van der Waals surface area contributed by atoms with Gasteiger partial charge >= 0.3 is 0 Å². The van der Waals surface area contributed by atoms with Gasteiger partial charge in [-0.1, -0.05) is 11.6 Å². The van der Waals surface area contributed by atoms with Crippen LogP contribution in [0.1, 0.15) is 37.8 Å². The Labute approximate surface area is 90.8 Å². The van der Waals surface area contributed by atoms with Crippen molar-refractivity contribution >= 4 is 0 Å². The highest BCUT2D eigenvalue weighted by Crippen LogP contribution is 2.27. The van der Waals surface area contributed by atoms with Crippen molar-refractivity contribution < 1.29 is 0 Å². The molecule has 4 heteroatoms. The molecule has 0 atom stereocenters. The molecular weight excluding hydrogens is 188 g/mol. The van der Waals surface area contributed by atoms with Gasteiger partial charge in [0.05, 0.1) is 5.69 Å². The summed E-state index contributed by atoms with van der Waals surface area (Å²) in [6.07, 6.45) is 9.43. The summed E-state index contributed by atoms with van der Waals surface area (Å²) in [6.45, 7) is 1.83. The smallest absolute Gasteiger partial charge is 0.0827 e. The lowest BCUT2D eigenvalue weighted by Gasteiger charge is -2.24. The Kier molecular flexibility index (Phi) is 3.72. The Morgan fingerprint density at radius 2 is 2.27 bits per heavy atom. The average molecular weight is 208 g/mol. The third-order valence-corrected chi connectivity index (χ3v) is 3.14. The van der Waals surface area contributed by atoms with Crippen molar-refractivity contribution in [1.29, 1.82) is 0 Å². The minimum absolute atomic E-state index is 0.774. The van der Waals surface area contributed by atoms with Gasteiger partial charge in [-0.25, -0.2) is 0 Å². The summed E-state index contributed by atoms with van der Waals surface area (Å²) in [7, 11) is 0. The number of rotatable bonds is 6. The summed E-state index contributed by atoms with van der Waals surface area (Å²) >= 11 is 0. The van der Waals surface area contributed by atoms with Gasteiger partial charge in [-0.05, 0) is 44.6 Å². The number of hydrogen-bond donors (Lipinski definition) is 1. The molecule has 1 aliphatic rings. The Bertz CT molecular complexity index is 291. The van der Waals surface area contributed by atoms with Crippen LogP contribution in [0.3, 0.4) is 0 Å². The van der Waals surface area contributed by atoms with Crippen LogP contribution in [0.15, 0.2) is 6.20 Å². The van der Waals surface area contributed by atoms with Crippen molar-refractivity contribution in [3.63, 3.8) is 0 Å². The quantitative estimate of drug-likeness (QED) is 0.718. The van der Waals surface area contributed by atoms with Crippen molar-refractivity contribution in [2.24, 2.45) is 11.7 Å². The zero-order chi connectivity index (χ0) is 10.5. The van der Waals surface area contributed by atoms with E-state index in [2.05, 4.69) is 16.5 Å². The molecule has 1 aromatic heterocycles. The van der Waals surface area contributed by atoms with Gasteiger partial charge in [0.1, 0.15) is 0 Å². The van der Waals surface area contributed by atoms with Crippen LogP contribution < -0.4 is 5.73 Å². The zero-order valence-electron chi connectivity index (χ0n) is 9.23. The first kappa shape index (κ1) is 10.6. The lowest BCUT2D eigenvalue weighted by molar-refractivity contribution is 0.264. The number of unbranched alkanes of at least 4 members (excludes halogenated alkanes) is 1. The van der Waals surface area contributed by atoms with E-state index in [9.17, 15) is 0 Å². The second-order valence-electron chi connectivity index (χ2n) is 4.47. The number of nitrogens with zero attached hydrogens (tertiary/aromatic N) is 3. The van der Waals surface area contributed by atoms with Gasteiger partial charge < -0.3 is 5.73 Å². The molecule has 0 unspecified atom stereocenters. The maximum absolute atomic E-state index is 5.45. The van der Waals surface area contributed by atoms with Gasteiger partial charge in [-0.3, -0.25) is 4.68 Å². The van der Waals surface area contributed by atoms with E-state index >= 15 is 0 Å². The minimum Gasteiger partial charge on any atom is -0.330 e. The molecule has 1 fully saturated rings.